The summed E-state index contributed by atoms with van der Waals surface area (Å²) in [6.07, 6.45) is 8.04. The lowest BCUT2D eigenvalue weighted by molar-refractivity contribution is 0.655. The Morgan fingerprint density at radius 3 is 2.94 bits per heavy atom. The Bertz CT molecular complexity index is 603. The molecule has 3 rings (SSSR count). The molecule has 2 N–H and O–H groups in total. The van der Waals surface area contributed by atoms with Gasteiger partial charge in [-0.3, -0.25) is 4.57 Å². The van der Waals surface area contributed by atoms with Crippen LogP contribution in [-0.2, 0) is 12.8 Å². The minimum Gasteiger partial charge on any atom is -0.388 e. The number of hydrogen-bond donors (Lipinski definition) is 1. The highest BCUT2D eigenvalue weighted by Crippen LogP contribution is 2.24. The predicted molar refractivity (Wildman–Crippen MR) is 73.9 cm³/mol. The minimum atomic E-state index is 0.392. The summed E-state index contributed by atoms with van der Waals surface area (Å²) < 4.78 is 1.97. The molecule has 0 atom stereocenters. The number of aryl methyl sites for hydroxylation is 1. The summed E-state index contributed by atoms with van der Waals surface area (Å²) in [5, 5.41) is 0. The third-order valence-corrected chi connectivity index (χ3v) is 3.54. The Hall–Kier alpha value is -1.75. The third-order valence-electron chi connectivity index (χ3n) is 3.33. The van der Waals surface area contributed by atoms with Crippen molar-refractivity contribution in [2.45, 2.75) is 25.7 Å². The first-order chi connectivity index (χ1) is 8.77. The number of nitrogens with two attached hydrogens (primary N) is 1. The minimum absolute atomic E-state index is 0.392. The number of rotatable bonds is 2. The molecular weight excluding hydrogens is 244 g/mol. The van der Waals surface area contributed by atoms with E-state index in [1.54, 1.807) is 6.33 Å². The lowest BCUT2D eigenvalue weighted by atomic mass is 9.96. The van der Waals surface area contributed by atoms with Crippen LogP contribution in [0.4, 0.5) is 0 Å². The van der Waals surface area contributed by atoms with Crippen molar-refractivity contribution in [3.63, 3.8) is 0 Å². The molecule has 0 saturated carbocycles. The van der Waals surface area contributed by atoms with Crippen LogP contribution in [0.1, 0.15) is 29.8 Å². The maximum atomic E-state index is 5.74. The van der Waals surface area contributed by atoms with E-state index in [0.717, 1.165) is 30.0 Å². The van der Waals surface area contributed by atoms with Crippen LogP contribution >= 0.6 is 12.2 Å². The monoisotopic (exact) mass is 258 g/mol. The van der Waals surface area contributed by atoms with Crippen LogP contribution in [0.25, 0.3) is 5.82 Å². The fourth-order valence-corrected chi connectivity index (χ4v) is 2.64. The van der Waals surface area contributed by atoms with Gasteiger partial charge in [-0.25, -0.2) is 9.97 Å². The normalized spacial score (nSPS) is 14.2. The van der Waals surface area contributed by atoms with Gasteiger partial charge in [0.2, 0.25) is 0 Å². The first-order valence-corrected chi connectivity index (χ1v) is 6.48. The molecule has 18 heavy (non-hydrogen) atoms. The van der Waals surface area contributed by atoms with Crippen LogP contribution in [0.15, 0.2) is 24.7 Å². The van der Waals surface area contributed by atoms with Crippen LogP contribution < -0.4 is 5.73 Å². The maximum absolute atomic E-state index is 5.74. The highest BCUT2D eigenvalue weighted by Gasteiger charge is 2.18. The van der Waals surface area contributed by atoms with E-state index >= 15 is 0 Å². The zero-order chi connectivity index (χ0) is 12.5. The molecule has 0 saturated heterocycles. The van der Waals surface area contributed by atoms with Gasteiger partial charge in [-0.1, -0.05) is 12.2 Å². The van der Waals surface area contributed by atoms with E-state index in [4.69, 9.17) is 18.0 Å². The van der Waals surface area contributed by atoms with Crippen LogP contribution in [-0.4, -0.2) is 19.5 Å². The summed E-state index contributed by atoms with van der Waals surface area (Å²) in [6, 6.07) is 3.85. The van der Waals surface area contributed by atoms with Gasteiger partial charge < -0.3 is 5.73 Å². The Kier molecular flexibility index (Phi) is 2.83. The zero-order valence-electron chi connectivity index (χ0n) is 9.97. The van der Waals surface area contributed by atoms with E-state index in [1.807, 2.05) is 22.9 Å². The molecule has 0 fully saturated rings. The summed E-state index contributed by atoms with van der Waals surface area (Å²) in [7, 11) is 0. The molecule has 5 heteroatoms. The SMILES string of the molecule is NC(=S)c1cccn1-c1ncnc2c1CCCC2. The molecule has 0 unspecified atom stereocenters. The predicted octanol–water partition coefficient (Wildman–Crippen LogP) is 1.78. The molecule has 2 aromatic heterocycles. The van der Waals surface area contributed by atoms with Crippen molar-refractivity contribution < 1.29 is 0 Å². The molecule has 0 radical (unpaired) electrons. The molecule has 0 aliphatic heterocycles. The van der Waals surface area contributed by atoms with Crippen LogP contribution in [0.2, 0.25) is 0 Å². The molecule has 0 bridgehead atoms. The number of nitrogens with zero attached hydrogens (tertiary/aromatic N) is 3. The molecule has 4 nitrogen and oxygen atoms in total. The summed E-state index contributed by atoms with van der Waals surface area (Å²) in [5.74, 6) is 0.924. The summed E-state index contributed by atoms with van der Waals surface area (Å²) in [6.45, 7) is 0. The van der Waals surface area contributed by atoms with Crippen LogP contribution in [0.5, 0.6) is 0 Å². The van der Waals surface area contributed by atoms with Crippen LogP contribution in [0.3, 0.4) is 0 Å². The first kappa shape index (κ1) is 11.3. The topological polar surface area (TPSA) is 56.7 Å². The van der Waals surface area contributed by atoms with Gasteiger partial charge in [0.15, 0.2) is 0 Å². The quantitative estimate of drug-likeness (QED) is 0.834. The number of fused-ring (bicyclic) bond motifs is 1. The molecule has 0 amide bonds. The van der Waals surface area contributed by atoms with Crippen LogP contribution in [0, 0.1) is 0 Å². The van der Waals surface area contributed by atoms with E-state index in [1.165, 1.54) is 18.4 Å². The molecule has 2 heterocycles. The standard InChI is InChI=1S/C13H14N4S/c14-12(18)11-6-3-7-17(11)13-9-4-1-2-5-10(9)15-8-16-13/h3,6-8H,1-2,4-5H2,(H2,14,18). The van der Waals surface area contributed by atoms with E-state index in [-0.39, 0.29) is 0 Å². The van der Waals surface area contributed by atoms with Crippen molar-refractivity contribution in [2.75, 3.05) is 0 Å². The molecule has 2 aromatic rings. The zero-order valence-corrected chi connectivity index (χ0v) is 10.8. The largest absolute Gasteiger partial charge is 0.388 e. The van der Waals surface area contributed by atoms with Crippen molar-refractivity contribution in [3.05, 3.63) is 41.6 Å². The summed E-state index contributed by atoms with van der Waals surface area (Å²) >= 11 is 5.07. The summed E-state index contributed by atoms with van der Waals surface area (Å²) in [5.41, 5.74) is 8.96. The van der Waals surface area contributed by atoms with Gasteiger partial charge in [-0.05, 0) is 37.8 Å². The molecule has 92 valence electrons. The van der Waals surface area contributed by atoms with Crippen molar-refractivity contribution in [1.82, 2.24) is 14.5 Å². The fraction of sp³-hybridized carbons (Fsp3) is 0.308. The molecule has 0 aromatic carbocycles. The van der Waals surface area contributed by atoms with Crippen molar-refractivity contribution in [2.24, 2.45) is 5.73 Å². The van der Waals surface area contributed by atoms with Gasteiger partial charge in [-0.2, -0.15) is 0 Å². The Morgan fingerprint density at radius 1 is 1.28 bits per heavy atom. The third kappa shape index (κ3) is 1.80. The van der Waals surface area contributed by atoms with Crippen molar-refractivity contribution in [3.8, 4) is 5.82 Å². The second-order valence-corrected chi connectivity index (χ2v) is 4.90. The van der Waals surface area contributed by atoms with E-state index in [9.17, 15) is 0 Å². The van der Waals surface area contributed by atoms with Gasteiger partial charge in [0.05, 0.1) is 5.69 Å². The average molecular weight is 258 g/mol. The maximum Gasteiger partial charge on any atom is 0.144 e. The molecule has 1 aliphatic carbocycles. The smallest absolute Gasteiger partial charge is 0.144 e. The van der Waals surface area contributed by atoms with Crippen molar-refractivity contribution in [1.29, 1.82) is 0 Å². The second-order valence-electron chi connectivity index (χ2n) is 4.46. The van der Waals surface area contributed by atoms with Gasteiger partial charge in [0, 0.05) is 17.5 Å². The lowest BCUT2D eigenvalue weighted by Crippen LogP contribution is -2.18. The highest BCUT2D eigenvalue weighted by molar-refractivity contribution is 7.80. The van der Waals surface area contributed by atoms with Gasteiger partial charge in [0.1, 0.15) is 17.1 Å². The Morgan fingerprint density at radius 2 is 2.11 bits per heavy atom. The average Bonchev–Trinajstić information content (AvgIpc) is 2.87. The lowest BCUT2D eigenvalue weighted by Gasteiger charge is -2.18. The summed E-state index contributed by atoms with van der Waals surface area (Å²) in [4.78, 5) is 9.18. The number of aromatic nitrogens is 3. The number of hydrogen-bond acceptors (Lipinski definition) is 3. The van der Waals surface area contributed by atoms with Crippen molar-refractivity contribution >= 4 is 17.2 Å². The molecule has 1 aliphatic rings. The fourth-order valence-electron chi connectivity index (χ4n) is 2.48. The Balaban J connectivity index is 2.17. The van der Waals surface area contributed by atoms with Gasteiger partial charge in [0.25, 0.3) is 0 Å². The molecule has 0 spiro atoms. The Labute approximate surface area is 111 Å². The first-order valence-electron chi connectivity index (χ1n) is 6.07. The number of thiocarbonyl (C=S) groups is 1. The van der Waals surface area contributed by atoms with Gasteiger partial charge >= 0.3 is 0 Å². The van der Waals surface area contributed by atoms with E-state index in [2.05, 4.69) is 9.97 Å². The van der Waals surface area contributed by atoms with E-state index < -0.39 is 0 Å². The highest BCUT2D eigenvalue weighted by atomic mass is 32.1. The molecular formula is C13H14N4S. The van der Waals surface area contributed by atoms with Gasteiger partial charge in [-0.15, -0.1) is 0 Å². The van der Waals surface area contributed by atoms with E-state index in [0.29, 0.717) is 4.99 Å². The second kappa shape index (κ2) is 4.49.